The van der Waals surface area contributed by atoms with Crippen LogP contribution in [0, 0.1) is 5.92 Å². The average molecular weight is 354 g/mol. The molecule has 5 nitrogen and oxygen atoms in total. The van der Waals surface area contributed by atoms with Crippen molar-refractivity contribution in [2.24, 2.45) is 5.92 Å². The van der Waals surface area contributed by atoms with Crippen molar-refractivity contribution in [3.05, 3.63) is 70.8 Å². The number of carbonyl (C=O) groups is 1. The highest BCUT2D eigenvalue weighted by molar-refractivity contribution is 5.75. The van der Waals surface area contributed by atoms with E-state index in [0.717, 1.165) is 6.42 Å². The number of fused-ring (bicyclic) bond motifs is 1. The van der Waals surface area contributed by atoms with Gasteiger partial charge in [0.25, 0.3) is 0 Å². The van der Waals surface area contributed by atoms with Crippen LogP contribution in [0.1, 0.15) is 55.7 Å². The van der Waals surface area contributed by atoms with E-state index in [9.17, 15) is 15.0 Å². The summed E-state index contributed by atoms with van der Waals surface area (Å²) in [5, 5.41) is 23.6. The van der Waals surface area contributed by atoms with Crippen molar-refractivity contribution in [1.82, 2.24) is 10.4 Å². The predicted octanol–water partition coefficient (Wildman–Crippen LogP) is 2.83. The van der Waals surface area contributed by atoms with E-state index in [-0.39, 0.29) is 12.3 Å². The molecule has 1 amide bonds. The van der Waals surface area contributed by atoms with Crippen molar-refractivity contribution in [3.63, 3.8) is 0 Å². The van der Waals surface area contributed by atoms with Crippen molar-refractivity contribution in [2.45, 2.75) is 45.6 Å². The Bertz CT molecular complexity index is 788. The first-order chi connectivity index (χ1) is 12.4. The lowest BCUT2D eigenvalue weighted by atomic mass is 9.92. The first kappa shape index (κ1) is 18.6. The number of hydrogen-bond donors (Lipinski definition) is 3. The van der Waals surface area contributed by atoms with E-state index in [1.807, 2.05) is 30.3 Å². The minimum atomic E-state index is -1.63. The molecule has 0 aliphatic carbocycles. The fourth-order valence-electron chi connectivity index (χ4n) is 3.48. The van der Waals surface area contributed by atoms with Gasteiger partial charge in [0.05, 0.1) is 0 Å². The first-order valence-corrected chi connectivity index (χ1v) is 9.06. The van der Waals surface area contributed by atoms with E-state index in [2.05, 4.69) is 19.3 Å². The van der Waals surface area contributed by atoms with Crippen LogP contribution in [0.15, 0.2) is 48.5 Å². The Kier molecular flexibility index (Phi) is 5.14. The summed E-state index contributed by atoms with van der Waals surface area (Å²) in [4.78, 5) is 12.0. The number of rotatable bonds is 5. The summed E-state index contributed by atoms with van der Waals surface area (Å²) in [6.45, 7) is 6.05. The second-order valence-electron chi connectivity index (χ2n) is 7.19. The normalized spacial score (nSPS) is 22.5. The number of hydrazine groups is 1. The molecule has 3 N–H and O–H groups in total. The van der Waals surface area contributed by atoms with Gasteiger partial charge in [0, 0.05) is 23.1 Å². The van der Waals surface area contributed by atoms with Crippen LogP contribution in [0.4, 0.5) is 0 Å². The Morgan fingerprint density at radius 2 is 1.85 bits per heavy atom. The molecule has 1 aliphatic rings. The third-order valence-corrected chi connectivity index (χ3v) is 4.77. The van der Waals surface area contributed by atoms with Gasteiger partial charge in [-0.1, -0.05) is 69.3 Å². The highest BCUT2D eigenvalue weighted by atomic mass is 16.4. The van der Waals surface area contributed by atoms with E-state index in [1.54, 1.807) is 25.1 Å². The maximum absolute atomic E-state index is 12.0. The van der Waals surface area contributed by atoms with Gasteiger partial charge in [-0.05, 0) is 17.9 Å². The van der Waals surface area contributed by atoms with Crippen LogP contribution in [-0.2, 0) is 16.9 Å². The maximum Gasteiger partial charge on any atom is 0.234 e. The van der Waals surface area contributed by atoms with Crippen molar-refractivity contribution >= 4 is 5.91 Å². The van der Waals surface area contributed by atoms with Gasteiger partial charge in [-0.25, -0.2) is 0 Å². The van der Waals surface area contributed by atoms with Crippen molar-refractivity contribution in [1.29, 1.82) is 0 Å². The minimum Gasteiger partial charge on any atom is -0.372 e. The van der Waals surface area contributed by atoms with Crippen molar-refractivity contribution < 1.29 is 15.0 Å². The van der Waals surface area contributed by atoms with E-state index in [1.165, 1.54) is 10.6 Å². The molecule has 0 fully saturated rings. The van der Waals surface area contributed by atoms with Gasteiger partial charge in [0.2, 0.25) is 5.91 Å². The van der Waals surface area contributed by atoms with Crippen LogP contribution in [0.25, 0.3) is 0 Å². The fraction of sp³-hybridized carbons (Fsp3) is 0.381. The van der Waals surface area contributed by atoms with E-state index >= 15 is 0 Å². The molecule has 138 valence electrons. The number of aliphatic hydroxyl groups excluding tert-OH is 1. The number of aliphatic hydroxyl groups is 2. The Hall–Kier alpha value is -2.21. The third-order valence-electron chi connectivity index (χ3n) is 4.77. The molecule has 2 aromatic carbocycles. The van der Waals surface area contributed by atoms with E-state index in [4.69, 9.17) is 0 Å². The topological polar surface area (TPSA) is 72.8 Å². The second kappa shape index (κ2) is 7.19. The molecule has 2 atom stereocenters. The molecular weight excluding hydrogens is 328 g/mol. The summed E-state index contributed by atoms with van der Waals surface area (Å²) < 4.78 is 0. The van der Waals surface area contributed by atoms with Crippen LogP contribution in [0.2, 0.25) is 0 Å². The van der Waals surface area contributed by atoms with Crippen LogP contribution >= 0.6 is 0 Å². The molecule has 0 radical (unpaired) electrons. The molecule has 0 bridgehead atoms. The summed E-state index contributed by atoms with van der Waals surface area (Å²) in [7, 11) is 0. The summed E-state index contributed by atoms with van der Waals surface area (Å²) in [5.74, 6) is 0.269. The van der Waals surface area contributed by atoms with Gasteiger partial charge in [0.15, 0.2) is 12.0 Å². The maximum atomic E-state index is 12.0. The molecule has 5 heteroatoms. The molecule has 26 heavy (non-hydrogen) atoms. The number of carbonyl (C=O) groups excluding carboxylic acids is 1. The van der Waals surface area contributed by atoms with Crippen molar-refractivity contribution in [3.8, 4) is 0 Å². The Morgan fingerprint density at radius 3 is 2.46 bits per heavy atom. The van der Waals surface area contributed by atoms with Gasteiger partial charge in [0.1, 0.15) is 0 Å². The minimum absolute atomic E-state index is 0.253. The Labute approximate surface area is 154 Å². The number of amides is 1. The molecule has 3 rings (SSSR count). The SMILES string of the molecule is CCC(=O)NN1C(O)c2ccccc2C1(O)c1ccc(CC(C)C)cc1. The standard InChI is InChI=1S/C21H26N2O3/c1-4-19(24)22-23-20(25)17-7-5-6-8-18(17)21(23,26)16-11-9-15(10-12-16)13-14(2)3/h5-12,14,20,25-26H,4,13H2,1-3H3,(H,22,24). The third kappa shape index (κ3) is 3.14. The van der Waals surface area contributed by atoms with Crippen molar-refractivity contribution in [2.75, 3.05) is 0 Å². The molecule has 0 saturated carbocycles. The Morgan fingerprint density at radius 1 is 1.19 bits per heavy atom. The van der Waals surface area contributed by atoms with Gasteiger partial charge in [-0.2, -0.15) is 0 Å². The molecule has 2 aromatic rings. The van der Waals surface area contributed by atoms with Crippen LogP contribution in [0.3, 0.4) is 0 Å². The van der Waals surface area contributed by atoms with Gasteiger partial charge in [-0.3, -0.25) is 10.2 Å². The molecular formula is C21H26N2O3. The zero-order chi connectivity index (χ0) is 18.9. The molecule has 1 heterocycles. The van der Waals surface area contributed by atoms with E-state index in [0.29, 0.717) is 22.6 Å². The number of hydrogen-bond acceptors (Lipinski definition) is 4. The summed E-state index contributed by atoms with van der Waals surface area (Å²) in [5.41, 5.74) is 3.96. The molecule has 0 spiro atoms. The lowest BCUT2D eigenvalue weighted by Crippen LogP contribution is -2.53. The predicted molar refractivity (Wildman–Crippen MR) is 99.7 cm³/mol. The van der Waals surface area contributed by atoms with Crippen LogP contribution in [0.5, 0.6) is 0 Å². The Balaban J connectivity index is 2.05. The van der Waals surface area contributed by atoms with Gasteiger partial charge < -0.3 is 10.2 Å². The number of nitrogens with zero attached hydrogens (tertiary/aromatic N) is 1. The number of nitrogens with one attached hydrogen (secondary N) is 1. The van der Waals surface area contributed by atoms with Gasteiger partial charge >= 0.3 is 0 Å². The highest BCUT2D eigenvalue weighted by Gasteiger charge is 2.51. The second-order valence-corrected chi connectivity index (χ2v) is 7.19. The summed E-state index contributed by atoms with van der Waals surface area (Å²) in [6, 6.07) is 14.8. The lowest BCUT2D eigenvalue weighted by Gasteiger charge is -2.36. The first-order valence-electron chi connectivity index (χ1n) is 9.06. The highest BCUT2D eigenvalue weighted by Crippen LogP contribution is 2.46. The zero-order valence-electron chi connectivity index (χ0n) is 15.4. The average Bonchev–Trinajstić information content (AvgIpc) is 2.85. The molecule has 1 aliphatic heterocycles. The zero-order valence-corrected chi connectivity index (χ0v) is 15.4. The molecule has 2 unspecified atom stereocenters. The summed E-state index contributed by atoms with van der Waals surface area (Å²) in [6.07, 6.45) is 0.0824. The lowest BCUT2D eigenvalue weighted by molar-refractivity contribution is -0.178. The monoisotopic (exact) mass is 354 g/mol. The smallest absolute Gasteiger partial charge is 0.234 e. The fourth-order valence-corrected chi connectivity index (χ4v) is 3.48. The van der Waals surface area contributed by atoms with Crippen LogP contribution < -0.4 is 5.43 Å². The van der Waals surface area contributed by atoms with Gasteiger partial charge in [-0.15, -0.1) is 5.01 Å². The summed E-state index contributed by atoms with van der Waals surface area (Å²) >= 11 is 0. The number of benzene rings is 2. The quantitative estimate of drug-likeness (QED) is 0.772. The van der Waals surface area contributed by atoms with E-state index < -0.39 is 12.0 Å². The molecule has 0 aromatic heterocycles. The molecule has 0 saturated heterocycles. The largest absolute Gasteiger partial charge is 0.372 e. The van der Waals surface area contributed by atoms with Crippen LogP contribution in [-0.4, -0.2) is 21.1 Å².